The molecule has 19 heavy (non-hydrogen) atoms. The van der Waals surface area contributed by atoms with Gasteiger partial charge in [0, 0.05) is 19.1 Å². The quantitative estimate of drug-likeness (QED) is 0.746. The smallest absolute Gasteiger partial charge is 0.322 e. The van der Waals surface area contributed by atoms with Crippen molar-refractivity contribution in [2.24, 2.45) is 5.92 Å². The van der Waals surface area contributed by atoms with E-state index in [1.807, 2.05) is 6.92 Å². The fraction of sp³-hybridized carbons (Fsp3) is 0.933. The number of nitrogens with one attached hydrogen (secondary N) is 1. The summed E-state index contributed by atoms with van der Waals surface area (Å²) in [6.07, 6.45) is 7.61. The van der Waals surface area contributed by atoms with Crippen LogP contribution in [0.1, 0.15) is 45.4 Å². The molecule has 0 bridgehead atoms. The molecule has 0 aromatic carbocycles. The maximum absolute atomic E-state index is 11.6. The molecule has 0 spiro atoms. The first-order valence-corrected chi connectivity index (χ1v) is 7.79. The molecule has 0 aromatic heterocycles. The van der Waals surface area contributed by atoms with Crippen molar-refractivity contribution in [2.75, 3.05) is 26.7 Å². The predicted octanol–water partition coefficient (Wildman–Crippen LogP) is 1.79. The minimum absolute atomic E-state index is 0.128. The van der Waals surface area contributed by atoms with Crippen LogP contribution in [0.5, 0.6) is 0 Å². The normalized spacial score (nSPS) is 26.7. The zero-order valence-corrected chi connectivity index (χ0v) is 12.4. The lowest BCUT2D eigenvalue weighted by molar-refractivity contribution is -0.143. The molecule has 0 aromatic rings. The van der Waals surface area contributed by atoms with Gasteiger partial charge in [-0.1, -0.05) is 19.8 Å². The lowest BCUT2D eigenvalue weighted by atomic mass is 10.1. The highest BCUT2D eigenvalue weighted by atomic mass is 16.5. The first-order valence-electron chi connectivity index (χ1n) is 7.79. The highest BCUT2D eigenvalue weighted by Crippen LogP contribution is 2.26. The summed E-state index contributed by atoms with van der Waals surface area (Å²) in [6.45, 7) is 5.54. The summed E-state index contributed by atoms with van der Waals surface area (Å²) in [5.74, 6) is 0.790. The van der Waals surface area contributed by atoms with Crippen LogP contribution in [0.25, 0.3) is 0 Å². The van der Waals surface area contributed by atoms with Crippen LogP contribution in [-0.2, 0) is 9.53 Å². The number of carbonyl (C=O) groups is 1. The maximum Gasteiger partial charge on any atom is 0.322 e. The Kier molecular flexibility index (Phi) is 5.64. The van der Waals surface area contributed by atoms with Gasteiger partial charge in [0.15, 0.2) is 0 Å². The third-order valence-corrected chi connectivity index (χ3v) is 4.59. The molecule has 1 N–H and O–H groups in total. The number of carbonyl (C=O) groups excluding carboxylic acids is 1. The fourth-order valence-electron chi connectivity index (χ4n) is 3.47. The molecule has 0 unspecified atom stereocenters. The second-order valence-corrected chi connectivity index (χ2v) is 6.05. The minimum Gasteiger partial charge on any atom is -0.468 e. The van der Waals surface area contributed by atoms with Gasteiger partial charge in [-0.2, -0.15) is 0 Å². The SMILES string of the molecule is CC[C@H](N[C@H]1CCN(CC2CCCC2)C1)C(=O)OC. The third kappa shape index (κ3) is 4.18. The maximum atomic E-state index is 11.6. The van der Waals surface area contributed by atoms with Gasteiger partial charge < -0.3 is 15.0 Å². The molecule has 4 nitrogen and oxygen atoms in total. The van der Waals surface area contributed by atoms with Gasteiger partial charge in [0.2, 0.25) is 0 Å². The summed E-state index contributed by atoms with van der Waals surface area (Å²) in [7, 11) is 1.47. The van der Waals surface area contributed by atoms with Crippen molar-refractivity contribution < 1.29 is 9.53 Å². The molecule has 110 valence electrons. The summed E-state index contributed by atoms with van der Waals surface area (Å²) in [6, 6.07) is 0.312. The number of nitrogens with zero attached hydrogens (tertiary/aromatic N) is 1. The highest BCUT2D eigenvalue weighted by Gasteiger charge is 2.28. The number of esters is 1. The summed E-state index contributed by atoms with van der Waals surface area (Å²) >= 11 is 0. The lowest BCUT2D eigenvalue weighted by Crippen LogP contribution is -2.45. The summed E-state index contributed by atoms with van der Waals surface area (Å²) in [4.78, 5) is 14.2. The molecule has 1 heterocycles. The number of hydrogen-bond acceptors (Lipinski definition) is 4. The summed E-state index contributed by atoms with van der Waals surface area (Å²) in [5.41, 5.74) is 0. The number of hydrogen-bond donors (Lipinski definition) is 1. The number of likely N-dealkylation sites (tertiary alicyclic amines) is 1. The van der Waals surface area contributed by atoms with E-state index < -0.39 is 0 Å². The van der Waals surface area contributed by atoms with E-state index >= 15 is 0 Å². The van der Waals surface area contributed by atoms with E-state index in [0.717, 1.165) is 25.3 Å². The van der Waals surface area contributed by atoms with Crippen molar-refractivity contribution in [2.45, 2.75) is 57.5 Å². The molecule has 2 atom stereocenters. The van der Waals surface area contributed by atoms with Crippen LogP contribution < -0.4 is 5.32 Å². The van der Waals surface area contributed by atoms with Crippen LogP contribution in [0.4, 0.5) is 0 Å². The van der Waals surface area contributed by atoms with Crippen molar-refractivity contribution in [3.8, 4) is 0 Å². The number of methoxy groups -OCH3 is 1. The van der Waals surface area contributed by atoms with Crippen LogP contribution in [0.3, 0.4) is 0 Å². The van der Waals surface area contributed by atoms with Gasteiger partial charge in [-0.15, -0.1) is 0 Å². The molecular weight excluding hydrogens is 240 g/mol. The molecule has 1 aliphatic heterocycles. The Hall–Kier alpha value is -0.610. The standard InChI is InChI=1S/C15H28N2O2/c1-3-14(15(18)19-2)16-13-8-9-17(11-13)10-12-6-4-5-7-12/h12-14,16H,3-11H2,1-2H3/t13-,14-/m0/s1. The minimum atomic E-state index is -0.138. The van der Waals surface area contributed by atoms with Crippen LogP contribution >= 0.6 is 0 Å². The van der Waals surface area contributed by atoms with Crippen molar-refractivity contribution in [1.29, 1.82) is 0 Å². The van der Waals surface area contributed by atoms with Gasteiger partial charge in [-0.25, -0.2) is 0 Å². The van der Waals surface area contributed by atoms with Crippen molar-refractivity contribution in [1.82, 2.24) is 10.2 Å². The van der Waals surface area contributed by atoms with E-state index in [2.05, 4.69) is 10.2 Å². The van der Waals surface area contributed by atoms with Crippen LogP contribution in [0.15, 0.2) is 0 Å². The first kappa shape index (κ1) is 14.8. The fourth-order valence-corrected chi connectivity index (χ4v) is 3.47. The molecule has 1 saturated heterocycles. The zero-order chi connectivity index (χ0) is 13.7. The van der Waals surface area contributed by atoms with Crippen molar-refractivity contribution in [3.05, 3.63) is 0 Å². The molecule has 2 aliphatic rings. The van der Waals surface area contributed by atoms with Crippen molar-refractivity contribution in [3.63, 3.8) is 0 Å². The average molecular weight is 268 g/mol. The molecule has 2 rings (SSSR count). The Balaban J connectivity index is 1.73. The van der Waals surface area contributed by atoms with E-state index in [9.17, 15) is 4.79 Å². The molecule has 0 radical (unpaired) electrons. The van der Waals surface area contributed by atoms with Gasteiger partial charge in [-0.05, 0) is 38.1 Å². The highest BCUT2D eigenvalue weighted by molar-refractivity contribution is 5.75. The topological polar surface area (TPSA) is 41.6 Å². The Labute approximate surface area is 116 Å². The van der Waals surface area contributed by atoms with E-state index in [0.29, 0.717) is 6.04 Å². The van der Waals surface area contributed by atoms with Gasteiger partial charge in [0.25, 0.3) is 0 Å². The number of rotatable bonds is 6. The number of ether oxygens (including phenoxy) is 1. The third-order valence-electron chi connectivity index (χ3n) is 4.59. The molecule has 0 amide bonds. The first-order chi connectivity index (χ1) is 9.22. The molecule has 4 heteroatoms. The zero-order valence-electron chi connectivity index (χ0n) is 12.4. The average Bonchev–Trinajstić information content (AvgIpc) is 3.07. The second kappa shape index (κ2) is 7.25. The van der Waals surface area contributed by atoms with Crippen LogP contribution in [0.2, 0.25) is 0 Å². The lowest BCUT2D eigenvalue weighted by Gasteiger charge is -2.22. The van der Waals surface area contributed by atoms with Gasteiger partial charge in [0.1, 0.15) is 6.04 Å². The van der Waals surface area contributed by atoms with Gasteiger partial charge in [-0.3, -0.25) is 4.79 Å². The van der Waals surface area contributed by atoms with Crippen molar-refractivity contribution >= 4 is 5.97 Å². The molecule has 1 aliphatic carbocycles. The monoisotopic (exact) mass is 268 g/mol. The molecular formula is C15H28N2O2. The Morgan fingerprint density at radius 3 is 2.74 bits per heavy atom. The van der Waals surface area contributed by atoms with E-state index in [4.69, 9.17) is 4.74 Å². The summed E-state index contributed by atoms with van der Waals surface area (Å²) < 4.78 is 4.83. The van der Waals surface area contributed by atoms with E-state index in [1.54, 1.807) is 0 Å². The van der Waals surface area contributed by atoms with E-state index in [-0.39, 0.29) is 12.0 Å². The largest absolute Gasteiger partial charge is 0.468 e. The summed E-state index contributed by atoms with van der Waals surface area (Å²) in [5, 5.41) is 3.45. The second-order valence-electron chi connectivity index (χ2n) is 6.05. The Morgan fingerprint density at radius 2 is 2.11 bits per heavy atom. The Morgan fingerprint density at radius 1 is 1.37 bits per heavy atom. The van der Waals surface area contributed by atoms with Gasteiger partial charge >= 0.3 is 5.97 Å². The van der Waals surface area contributed by atoms with Crippen LogP contribution in [-0.4, -0.2) is 49.7 Å². The predicted molar refractivity (Wildman–Crippen MR) is 76.0 cm³/mol. The van der Waals surface area contributed by atoms with Crippen LogP contribution in [0, 0.1) is 5.92 Å². The van der Waals surface area contributed by atoms with E-state index in [1.165, 1.54) is 45.9 Å². The van der Waals surface area contributed by atoms with Gasteiger partial charge in [0.05, 0.1) is 7.11 Å². The Bertz CT molecular complexity index is 290. The molecule has 1 saturated carbocycles. The molecule has 2 fully saturated rings.